The molecule has 0 spiro atoms. The third-order valence-electron chi connectivity index (χ3n) is 2.96. The number of methoxy groups -OCH3 is 1. The first kappa shape index (κ1) is 16.7. The van der Waals surface area contributed by atoms with Gasteiger partial charge < -0.3 is 24.6 Å². The molecule has 0 aromatic rings. The Kier molecular flexibility index (Phi) is 5.76. The summed E-state index contributed by atoms with van der Waals surface area (Å²) in [6.07, 6.45) is -0.287. The van der Waals surface area contributed by atoms with E-state index in [1.165, 1.54) is 7.11 Å². The molecular formula is C13H23NO6. The zero-order valence-corrected chi connectivity index (χ0v) is 12.3. The minimum Gasteiger partial charge on any atom is -0.481 e. The lowest BCUT2D eigenvalue weighted by Gasteiger charge is -2.24. The van der Waals surface area contributed by atoms with E-state index in [2.05, 4.69) is 5.32 Å². The van der Waals surface area contributed by atoms with Gasteiger partial charge in [0.2, 0.25) is 0 Å². The normalized spacial score (nSPS) is 26.3. The average molecular weight is 289 g/mol. The maximum Gasteiger partial charge on any atom is 0.407 e. The molecule has 20 heavy (non-hydrogen) atoms. The van der Waals surface area contributed by atoms with Gasteiger partial charge in [0.25, 0.3) is 0 Å². The maximum absolute atomic E-state index is 11.7. The minimum absolute atomic E-state index is 0.0590. The number of carboxylic acid groups (broad SMARTS) is 1. The summed E-state index contributed by atoms with van der Waals surface area (Å²) in [7, 11) is 1.49. The summed E-state index contributed by atoms with van der Waals surface area (Å²) in [5.74, 6) is -1.42. The molecule has 3 atom stereocenters. The summed E-state index contributed by atoms with van der Waals surface area (Å²) in [6, 6.07) is -0.388. The van der Waals surface area contributed by atoms with Crippen molar-refractivity contribution in [2.45, 2.75) is 51.4 Å². The second kappa shape index (κ2) is 6.90. The fraction of sp³-hybridized carbons (Fsp3) is 0.846. The molecule has 1 aliphatic carbocycles. The number of ether oxygens (including phenoxy) is 3. The zero-order chi connectivity index (χ0) is 15.3. The molecule has 116 valence electrons. The summed E-state index contributed by atoms with van der Waals surface area (Å²) < 4.78 is 15.4. The number of rotatable bonds is 5. The highest BCUT2D eigenvalue weighted by molar-refractivity contribution is 5.72. The Balaban J connectivity index is 2.59. The second-order valence-electron chi connectivity index (χ2n) is 5.87. The molecule has 7 heteroatoms. The first-order valence-electron chi connectivity index (χ1n) is 6.56. The standard InChI is InChI=1S/C13H23NO6/c1-13(2,3)20-12(17)14-9-5-8(11(15)16)6-10(9)19-7-18-4/h8-10H,5-7H2,1-4H3,(H,14,17)(H,15,16)/t8-,9+,10-/m0/s1. The van der Waals surface area contributed by atoms with Gasteiger partial charge in [0, 0.05) is 7.11 Å². The van der Waals surface area contributed by atoms with Crippen molar-refractivity contribution in [1.82, 2.24) is 5.32 Å². The fourth-order valence-corrected chi connectivity index (χ4v) is 2.15. The highest BCUT2D eigenvalue weighted by Gasteiger charge is 2.40. The number of amides is 1. The van der Waals surface area contributed by atoms with Gasteiger partial charge in [0.05, 0.1) is 18.1 Å². The number of hydrogen-bond acceptors (Lipinski definition) is 5. The highest BCUT2D eigenvalue weighted by atomic mass is 16.7. The van der Waals surface area contributed by atoms with Crippen LogP contribution in [0.15, 0.2) is 0 Å². The molecule has 2 N–H and O–H groups in total. The van der Waals surface area contributed by atoms with Crippen molar-refractivity contribution in [1.29, 1.82) is 0 Å². The van der Waals surface area contributed by atoms with Gasteiger partial charge in [-0.05, 0) is 33.6 Å². The van der Waals surface area contributed by atoms with Crippen molar-refractivity contribution in [2.24, 2.45) is 5.92 Å². The van der Waals surface area contributed by atoms with Crippen molar-refractivity contribution < 1.29 is 28.9 Å². The smallest absolute Gasteiger partial charge is 0.407 e. The van der Waals surface area contributed by atoms with Crippen molar-refractivity contribution in [3.8, 4) is 0 Å². The van der Waals surface area contributed by atoms with Crippen LogP contribution in [0, 0.1) is 5.92 Å². The molecule has 1 amide bonds. The third-order valence-corrected chi connectivity index (χ3v) is 2.96. The van der Waals surface area contributed by atoms with Gasteiger partial charge >= 0.3 is 12.1 Å². The Morgan fingerprint density at radius 1 is 1.30 bits per heavy atom. The number of carboxylic acids is 1. The van der Waals surface area contributed by atoms with Crippen LogP contribution in [-0.2, 0) is 19.0 Å². The lowest BCUT2D eigenvalue weighted by molar-refractivity contribution is -0.142. The van der Waals surface area contributed by atoms with Crippen LogP contribution in [0.5, 0.6) is 0 Å². The van der Waals surface area contributed by atoms with E-state index in [1.807, 2.05) is 0 Å². The lowest BCUT2D eigenvalue weighted by atomic mass is 10.1. The summed E-state index contributed by atoms with van der Waals surface area (Å²) in [5.41, 5.74) is -0.599. The molecule has 0 radical (unpaired) electrons. The van der Waals surface area contributed by atoms with Crippen LogP contribution in [0.1, 0.15) is 33.6 Å². The SMILES string of the molecule is COCO[C@H]1C[C@@H](C(=O)O)C[C@H]1NC(=O)OC(C)(C)C. The largest absolute Gasteiger partial charge is 0.481 e. The first-order valence-corrected chi connectivity index (χ1v) is 6.56. The second-order valence-corrected chi connectivity index (χ2v) is 5.87. The molecule has 0 aromatic heterocycles. The molecule has 0 bridgehead atoms. The van der Waals surface area contributed by atoms with Crippen molar-refractivity contribution >= 4 is 12.1 Å². The molecule has 0 saturated heterocycles. The molecule has 1 saturated carbocycles. The molecule has 1 rings (SSSR count). The topological polar surface area (TPSA) is 94.1 Å². The number of carbonyl (C=O) groups excluding carboxylic acids is 1. The van der Waals surface area contributed by atoms with Crippen molar-refractivity contribution in [2.75, 3.05) is 13.9 Å². The summed E-state index contributed by atoms with van der Waals surface area (Å²) in [5, 5.41) is 11.7. The number of hydrogen-bond donors (Lipinski definition) is 2. The van der Waals surface area contributed by atoms with Crippen LogP contribution < -0.4 is 5.32 Å². The Labute approximate surface area is 118 Å². The lowest BCUT2D eigenvalue weighted by Crippen LogP contribution is -2.43. The average Bonchev–Trinajstić information content (AvgIpc) is 2.67. The molecule has 0 heterocycles. The summed E-state index contributed by atoms with van der Waals surface area (Å²) in [4.78, 5) is 22.8. The number of alkyl carbamates (subject to hydrolysis) is 1. The van der Waals surface area contributed by atoms with Gasteiger partial charge in [-0.2, -0.15) is 0 Å². The fourth-order valence-electron chi connectivity index (χ4n) is 2.15. The minimum atomic E-state index is -0.885. The predicted molar refractivity (Wildman–Crippen MR) is 70.3 cm³/mol. The Morgan fingerprint density at radius 2 is 1.95 bits per heavy atom. The van der Waals surface area contributed by atoms with Crippen molar-refractivity contribution in [3.63, 3.8) is 0 Å². The van der Waals surface area contributed by atoms with E-state index in [4.69, 9.17) is 19.3 Å². The van der Waals surface area contributed by atoms with Crippen LogP contribution in [-0.4, -0.2) is 48.8 Å². The van der Waals surface area contributed by atoms with E-state index in [9.17, 15) is 9.59 Å². The Hall–Kier alpha value is -1.34. The van der Waals surface area contributed by atoms with E-state index >= 15 is 0 Å². The Morgan fingerprint density at radius 3 is 2.45 bits per heavy atom. The highest BCUT2D eigenvalue weighted by Crippen LogP contribution is 2.29. The number of aliphatic carboxylic acids is 1. The van der Waals surface area contributed by atoms with E-state index in [1.54, 1.807) is 20.8 Å². The van der Waals surface area contributed by atoms with Gasteiger partial charge in [0.15, 0.2) is 0 Å². The molecule has 1 aliphatic rings. The van der Waals surface area contributed by atoms with Gasteiger partial charge in [-0.3, -0.25) is 4.79 Å². The number of carbonyl (C=O) groups is 2. The van der Waals surface area contributed by atoms with E-state index < -0.39 is 23.6 Å². The molecule has 7 nitrogen and oxygen atoms in total. The van der Waals surface area contributed by atoms with Crippen LogP contribution in [0.2, 0.25) is 0 Å². The molecular weight excluding hydrogens is 266 g/mol. The molecule has 1 fully saturated rings. The molecule has 0 unspecified atom stereocenters. The maximum atomic E-state index is 11.7. The quantitative estimate of drug-likeness (QED) is 0.742. The van der Waals surface area contributed by atoms with Gasteiger partial charge in [0.1, 0.15) is 12.4 Å². The van der Waals surface area contributed by atoms with Crippen LogP contribution >= 0.6 is 0 Å². The van der Waals surface area contributed by atoms with Crippen LogP contribution in [0.4, 0.5) is 4.79 Å². The molecule has 0 aromatic carbocycles. The summed E-state index contributed by atoms with van der Waals surface area (Å²) in [6.45, 7) is 5.35. The van der Waals surface area contributed by atoms with E-state index in [0.717, 1.165) is 0 Å². The van der Waals surface area contributed by atoms with Gasteiger partial charge in [-0.1, -0.05) is 0 Å². The monoisotopic (exact) mass is 289 g/mol. The first-order chi connectivity index (χ1) is 9.23. The Bertz CT molecular complexity index is 351. The van der Waals surface area contributed by atoms with E-state index in [0.29, 0.717) is 12.8 Å². The third kappa shape index (κ3) is 5.34. The van der Waals surface area contributed by atoms with Crippen LogP contribution in [0.25, 0.3) is 0 Å². The van der Waals surface area contributed by atoms with Gasteiger partial charge in [-0.25, -0.2) is 4.79 Å². The summed E-state index contributed by atoms with van der Waals surface area (Å²) >= 11 is 0. The molecule has 0 aliphatic heterocycles. The van der Waals surface area contributed by atoms with Crippen molar-refractivity contribution in [3.05, 3.63) is 0 Å². The van der Waals surface area contributed by atoms with Crippen LogP contribution in [0.3, 0.4) is 0 Å². The predicted octanol–water partition coefficient (Wildman–Crippen LogP) is 1.36. The number of nitrogens with one attached hydrogen (secondary N) is 1. The van der Waals surface area contributed by atoms with E-state index in [-0.39, 0.29) is 18.9 Å². The van der Waals surface area contributed by atoms with Gasteiger partial charge in [-0.15, -0.1) is 0 Å². The zero-order valence-electron chi connectivity index (χ0n) is 12.3.